The van der Waals surface area contributed by atoms with E-state index in [9.17, 15) is 4.79 Å². The molecule has 0 saturated carbocycles. The third-order valence-corrected chi connectivity index (χ3v) is 6.02. The molecule has 154 valence electrons. The summed E-state index contributed by atoms with van der Waals surface area (Å²) in [7, 11) is 0. The van der Waals surface area contributed by atoms with E-state index in [-0.39, 0.29) is 18.1 Å². The number of carbonyl (C=O) groups is 1. The van der Waals surface area contributed by atoms with Crippen molar-refractivity contribution in [1.29, 1.82) is 0 Å². The molecule has 5 rings (SSSR count). The number of amides is 1. The summed E-state index contributed by atoms with van der Waals surface area (Å²) >= 11 is 0. The third-order valence-electron chi connectivity index (χ3n) is 6.02. The van der Waals surface area contributed by atoms with E-state index in [0.717, 1.165) is 34.4 Å². The molecule has 2 atom stereocenters. The summed E-state index contributed by atoms with van der Waals surface area (Å²) in [5, 5.41) is 2.36. The molecule has 0 aliphatic carbocycles. The first kappa shape index (κ1) is 19.4. The molecule has 0 saturated heterocycles. The first-order valence-electron chi connectivity index (χ1n) is 10.7. The standard InChI is InChI=1S/C28H25NO2/c1-19-12-15-26-25(16-19)27(31-24-14-13-21-8-6-7-11-23(21)18-24)17-20(2)29(26)28(30)22-9-4-3-5-10-22/h3-16,18,20,27H,17H2,1-2H3/t20-,27+/m1/s1. The summed E-state index contributed by atoms with van der Waals surface area (Å²) in [5.41, 5.74) is 3.86. The van der Waals surface area contributed by atoms with Crippen LogP contribution in [0.1, 0.15) is 40.9 Å². The maximum Gasteiger partial charge on any atom is 0.258 e. The predicted octanol–water partition coefficient (Wildman–Crippen LogP) is 6.71. The Labute approximate surface area is 182 Å². The highest BCUT2D eigenvalue weighted by Gasteiger charge is 2.35. The summed E-state index contributed by atoms with van der Waals surface area (Å²) in [5.74, 6) is 0.883. The minimum atomic E-state index is -0.106. The number of hydrogen-bond acceptors (Lipinski definition) is 2. The summed E-state index contributed by atoms with van der Waals surface area (Å²) in [6.45, 7) is 4.18. The van der Waals surface area contributed by atoms with Gasteiger partial charge in [0, 0.05) is 23.6 Å². The smallest absolute Gasteiger partial charge is 0.258 e. The number of anilines is 1. The first-order valence-corrected chi connectivity index (χ1v) is 10.7. The highest BCUT2D eigenvalue weighted by Crippen LogP contribution is 2.41. The quantitative estimate of drug-likeness (QED) is 0.378. The van der Waals surface area contributed by atoms with E-state index in [2.05, 4.69) is 56.3 Å². The van der Waals surface area contributed by atoms with Crippen molar-refractivity contribution < 1.29 is 9.53 Å². The van der Waals surface area contributed by atoms with Gasteiger partial charge in [-0.1, -0.05) is 66.2 Å². The third kappa shape index (κ3) is 3.68. The van der Waals surface area contributed by atoms with Gasteiger partial charge in [0.25, 0.3) is 5.91 Å². The minimum absolute atomic E-state index is 0.0216. The highest BCUT2D eigenvalue weighted by atomic mass is 16.5. The summed E-state index contributed by atoms with van der Waals surface area (Å²) in [6.07, 6.45) is 0.632. The number of aryl methyl sites for hydroxylation is 1. The molecule has 1 aliphatic rings. The fourth-order valence-electron chi connectivity index (χ4n) is 4.48. The van der Waals surface area contributed by atoms with Crippen LogP contribution in [0.25, 0.3) is 10.8 Å². The predicted molar refractivity (Wildman–Crippen MR) is 126 cm³/mol. The fourth-order valence-corrected chi connectivity index (χ4v) is 4.48. The lowest BCUT2D eigenvalue weighted by Crippen LogP contribution is -2.44. The van der Waals surface area contributed by atoms with Crippen molar-refractivity contribution in [1.82, 2.24) is 0 Å². The van der Waals surface area contributed by atoms with Gasteiger partial charge in [-0.15, -0.1) is 0 Å². The Morgan fingerprint density at radius 3 is 2.42 bits per heavy atom. The van der Waals surface area contributed by atoms with Gasteiger partial charge in [0.1, 0.15) is 11.9 Å². The second-order valence-electron chi connectivity index (χ2n) is 8.30. The van der Waals surface area contributed by atoms with E-state index >= 15 is 0 Å². The van der Waals surface area contributed by atoms with Crippen molar-refractivity contribution >= 4 is 22.4 Å². The van der Waals surface area contributed by atoms with Crippen molar-refractivity contribution in [2.24, 2.45) is 0 Å². The van der Waals surface area contributed by atoms with E-state index in [1.54, 1.807) is 0 Å². The van der Waals surface area contributed by atoms with E-state index in [1.165, 1.54) is 5.39 Å². The number of nitrogens with zero attached hydrogens (tertiary/aromatic N) is 1. The van der Waals surface area contributed by atoms with Crippen LogP contribution in [-0.4, -0.2) is 11.9 Å². The van der Waals surface area contributed by atoms with Crippen LogP contribution in [-0.2, 0) is 0 Å². The number of benzene rings is 4. The van der Waals surface area contributed by atoms with E-state index < -0.39 is 0 Å². The van der Waals surface area contributed by atoms with Gasteiger partial charge < -0.3 is 9.64 Å². The van der Waals surface area contributed by atoms with Gasteiger partial charge in [0.2, 0.25) is 0 Å². The molecule has 0 bridgehead atoms. The van der Waals surface area contributed by atoms with Gasteiger partial charge in [-0.2, -0.15) is 0 Å². The second kappa shape index (κ2) is 7.92. The molecule has 0 fully saturated rings. The lowest BCUT2D eigenvalue weighted by molar-refractivity contribution is 0.0958. The van der Waals surface area contributed by atoms with Crippen molar-refractivity contribution in [3.8, 4) is 5.75 Å². The van der Waals surface area contributed by atoms with Gasteiger partial charge in [-0.3, -0.25) is 4.79 Å². The van der Waals surface area contributed by atoms with Crippen LogP contribution >= 0.6 is 0 Å². The Hall–Kier alpha value is -3.59. The molecular weight excluding hydrogens is 382 g/mol. The molecular formula is C28H25NO2. The Bertz CT molecular complexity index is 1250. The molecule has 31 heavy (non-hydrogen) atoms. The van der Waals surface area contributed by atoms with Gasteiger partial charge in [-0.25, -0.2) is 0 Å². The van der Waals surface area contributed by atoms with Crippen molar-refractivity contribution in [3.63, 3.8) is 0 Å². The maximum absolute atomic E-state index is 13.4. The van der Waals surface area contributed by atoms with Gasteiger partial charge in [0.15, 0.2) is 0 Å². The minimum Gasteiger partial charge on any atom is -0.486 e. The largest absolute Gasteiger partial charge is 0.486 e. The Kier molecular flexibility index (Phi) is 4.95. The maximum atomic E-state index is 13.4. The molecule has 1 heterocycles. The average molecular weight is 408 g/mol. The molecule has 0 N–H and O–H groups in total. The monoisotopic (exact) mass is 407 g/mol. The van der Waals surface area contributed by atoms with E-state index in [4.69, 9.17) is 4.74 Å². The Morgan fingerprint density at radius 1 is 0.871 bits per heavy atom. The summed E-state index contributed by atoms with van der Waals surface area (Å²) in [4.78, 5) is 15.3. The number of hydrogen-bond donors (Lipinski definition) is 0. The van der Waals surface area contributed by atoms with Crippen LogP contribution < -0.4 is 9.64 Å². The van der Waals surface area contributed by atoms with Crippen molar-refractivity contribution in [3.05, 3.63) is 108 Å². The second-order valence-corrected chi connectivity index (χ2v) is 8.30. The number of rotatable bonds is 3. The lowest BCUT2D eigenvalue weighted by Gasteiger charge is -2.39. The zero-order valence-electron chi connectivity index (χ0n) is 17.8. The summed E-state index contributed by atoms with van der Waals surface area (Å²) in [6, 6.07) is 30.3. The zero-order valence-corrected chi connectivity index (χ0v) is 17.8. The van der Waals surface area contributed by atoms with Crippen LogP contribution in [0.5, 0.6) is 5.75 Å². The number of fused-ring (bicyclic) bond motifs is 2. The van der Waals surface area contributed by atoms with Crippen LogP contribution in [0.15, 0.2) is 91.0 Å². The van der Waals surface area contributed by atoms with E-state index in [1.807, 2.05) is 53.4 Å². The molecule has 3 nitrogen and oxygen atoms in total. The van der Waals surface area contributed by atoms with Crippen LogP contribution in [0.3, 0.4) is 0 Å². The molecule has 0 aromatic heterocycles. The number of carbonyl (C=O) groups excluding carboxylic acids is 1. The average Bonchev–Trinajstić information content (AvgIpc) is 2.80. The Balaban J connectivity index is 1.52. The Morgan fingerprint density at radius 2 is 1.61 bits per heavy atom. The van der Waals surface area contributed by atoms with Crippen molar-refractivity contribution in [2.45, 2.75) is 32.4 Å². The molecule has 1 amide bonds. The topological polar surface area (TPSA) is 29.5 Å². The first-order chi connectivity index (χ1) is 15.1. The van der Waals surface area contributed by atoms with Crippen LogP contribution in [0, 0.1) is 6.92 Å². The molecule has 0 unspecified atom stereocenters. The molecule has 4 aromatic rings. The molecule has 0 spiro atoms. The number of ether oxygens (including phenoxy) is 1. The molecule has 0 radical (unpaired) electrons. The van der Waals surface area contributed by atoms with Crippen LogP contribution in [0.2, 0.25) is 0 Å². The van der Waals surface area contributed by atoms with Crippen molar-refractivity contribution in [2.75, 3.05) is 4.90 Å². The normalized spacial score (nSPS) is 17.9. The van der Waals surface area contributed by atoms with Gasteiger partial charge in [-0.05, 0) is 55.0 Å². The highest BCUT2D eigenvalue weighted by molar-refractivity contribution is 6.07. The van der Waals surface area contributed by atoms with Crippen LogP contribution in [0.4, 0.5) is 5.69 Å². The zero-order chi connectivity index (χ0) is 21.4. The SMILES string of the molecule is Cc1ccc2c(c1)[C@@H](Oc1ccc3ccccc3c1)C[C@@H](C)N2C(=O)c1ccccc1. The van der Waals surface area contributed by atoms with Gasteiger partial charge in [0.05, 0.1) is 5.69 Å². The fraction of sp³-hybridized carbons (Fsp3) is 0.179. The summed E-state index contributed by atoms with van der Waals surface area (Å²) < 4.78 is 6.51. The van der Waals surface area contributed by atoms with Gasteiger partial charge >= 0.3 is 0 Å². The lowest BCUT2D eigenvalue weighted by atomic mass is 9.91. The molecule has 3 heteroatoms. The molecule has 1 aliphatic heterocycles. The van der Waals surface area contributed by atoms with E-state index in [0.29, 0.717) is 5.56 Å². The molecule has 4 aromatic carbocycles.